The Kier molecular flexibility index (Phi) is 7.45. The molecule has 44 heavy (non-hydrogen) atoms. The molecular formula is C34H33N7O2S. The van der Waals surface area contributed by atoms with Crippen LogP contribution >= 0.6 is 11.3 Å². The van der Waals surface area contributed by atoms with E-state index < -0.39 is 0 Å². The first-order valence-corrected chi connectivity index (χ1v) is 15.6. The van der Waals surface area contributed by atoms with Crippen LogP contribution in [0.5, 0.6) is 5.75 Å². The minimum atomic E-state index is -0.167. The molecule has 1 aliphatic rings. The summed E-state index contributed by atoms with van der Waals surface area (Å²) in [6.07, 6.45) is 4.13. The highest BCUT2D eigenvalue weighted by Crippen LogP contribution is 2.31. The molecule has 222 valence electrons. The van der Waals surface area contributed by atoms with Crippen molar-refractivity contribution in [3.63, 3.8) is 0 Å². The summed E-state index contributed by atoms with van der Waals surface area (Å²) in [5.41, 5.74) is 4.98. The summed E-state index contributed by atoms with van der Waals surface area (Å²) in [6, 6.07) is 23.4. The van der Waals surface area contributed by atoms with Gasteiger partial charge in [0.2, 0.25) is 5.95 Å². The first-order valence-electron chi connectivity index (χ1n) is 14.8. The highest BCUT2D eigenvalue weighted by Gasteiger charge is 2.22. The van der Waals surface area contributed by atoms with E-state index >= 15 is 0 Å². The summed E-state index contributed by atoms with van der Waals surface area (Å²) < 4.78 is 9.71. The number of hydrogen-bond donors (Lipinski definition) is 2. The molecule has 1 unspecified atom stereocenters. The van der Waals surface area contributed by atoms with Gasteiger partial charge in [-0.1, -0.05) is 18.2 Å². The minimum Gasteiger partial charge on any atom is -0.489 e. The van der Waals surface area contributed by atoms with E-state index in [0.29, 0.717) is 17.2 Å². The maximum Gasteiger partial charge on any atom is 0.264 e. The number of rotatable bonds is 7. The van der Waals surface area contributed by atoms with Crippen molar-refractivity contribution >= 4 is 34.0 Å². The molecule has 0 spiro atoms. The average Bonchev–Trinajstić information content (AvgIpc) is 3.60. The van der Waals surface area contributed by atoms with Gasteiger partial charge in [-0.2, -0.15) is 10.1 Å². The van der Waals surface area contributed by atoms with Gasteiger partial charge in [0.15, 0.2) is 5.65 Å². The third-order valence-electron chi connectivity index (χ3n) is 7.92. The van der Waals surface area contributed by atoms with Crippen LogP contribution in [0.4, 0.5) is 11.6 Å². The van der Waals surface area contributed by atoms with Gasteiger partial charge in [0.05, 0.1) is 22.6 Å². The van der Waals surface area contributed by atoms with Gasteiger partial charge in [-0.05, 0) is 94.8 Å². The van der Waals surface area contributed by atoms with E-state index in [2.05, 4.69) is 34.7 Å². The number of piperidine rings is 1. The van der Waals surface area contributed by atoms with Crippen molar-refractivity contribution in [3.05, 3.63) is 106 Å². The van der Waals surface area contributed by atoms with Gasteiger partial charge in [-0.15, -0.1) is 11.3 Å². The quantitative estimate of drug-likeness (QED) is 0.215. The number of nitrogens with one attached hydrogen (secondary N) is 2. The van der Waals surface area contributed by atoms with Crippen LogP contribution in [0.1, 0.15) is 29.1 Å². The predicted octanol–water partition coefficient (Wildman–Crippen LogP) is 6.49. The third-order valence-corrected chi connectivity index (χ3v) is 8.89. The smallest absolute Gasteiger partial charge is 0.264 e. The third kappa shape index (κ3) is 5.38. The summed E-state index contributed by atoms with van der Waals surface area (Å²) >= 11 is 1.67. The Balaban J connectivity index is 1.27. The molecule has 0 radical (unpaired) electrons. The molecule has 0 bridgehead atoms. The van der Waals surface area contributed by atoms with Crippen molar-refractivity contribution in [3.8, 4) is 27.6 Å². The molecule has 9 nitrogen and oxygen atoms in total. The molecule has 4 aromatic heterocycles. The molecule has 1 saturated heterocycles. The molecular weight excluding hydrogens is 570 g/mol. The van der Waals surface area contributed by atoms with Crippen LogP contribution in [0.3, 0.4) is 0 Å². The Bertz CT molecular complexity index is 2010. The zero-order chi connectivity index (χ0) is 30.2. The summed E-state index contributed by atoms with van der Waals surface area (Å²) in [5.74, 6) is 1.23. The number of para-hydroxylation sites is 1. The van der Waals surface area contributed by atoms with E-state index in [1.807, 2.05) is 79.2 Å². The van der Waals surface area contributed by atoms with Crippen LogP contribution in [-0.2, 0) is 0 Å². The zero-order valence-electron chi connectivity index (χ0n) is 24.9. The standard InChI is InChI=1S/C34H33N7O2S/c1-21-11-16-30(44-21)41-23(3)31(22(2)39-41)29-18-24-19-36-34(38-32(24)40(33(29)42)26-8-5-4-6-9-26)37-25-12-14-27(15-13-25)43-28-10-7-17-35-20-28/h4-6,8-9,11-16,18-19,28,35H,7,10,17,20H2,1-3H3,(H,36,37,38). The Labute approximate surface area is 259 Å². The number of aromatic nitrogens is 5. The molecule has 5 heterocycles. The van der Waals surface area contributed by atoms with Crippen molar-refractivity contribution < 1.29 is 4.74 Å². The lowest BCUT2D eigenvalue weighted by Crippen LogP contribution is -2.37. The van der Waals surface area contributed by atoms with E-state index in [9.17, 15) is 4.79 Å². The van der Waals surface area contributed by atoms with Crippen molar-refractivity contribution in [2.45, 2.75) is 39.7 Å². The molecule has 2 N–H and O–H groups in total. The number of pyridine rings is 1. The van der Waals surface area contributed by atoms with Gasteiger partial charge >= 0.3 is 0 Å². The topological polar surface area (TPSA) is 98.9 Å². The second-order valence-electron chi connectivity index (χ2n) is 11.1. The van der Waals surface area contributed by atoms with Crippen molar-refractivity contribution in [2.24, 2.45) is 0 Å². The molecule has 0 aliphatic carbocycles. The van der Waals surface area contributed by atoms with E-state index in [-0.39, 0.29) is 11.7 Å². The SMILES string of the molecule is Cc1ccc(-n2nc(C)c(-c3cc4cnc(Nc5ccc(OC6CCCNC6)cc5)nc4n(-c4ccccc4)c3=O)c2C)s1. The van der Waals surface area contributed by atoms with Crippen molar-refractivity contribution in [1.29, 1.82) is 0 Å². The van der Waals surface area contributed by atoms with Crippen molar-refractivity contribution in [1.82, 2.24) is 29.6 Å². The average molecular weight is 604 g/mol. The van der Waals surface area contributed by atoms with Crippen molar-refractivity contribution in [2.75, 3.05) is 18.4 Å². The highest BCUT2D eigenvalue weighted by molar-refractivity contribution is 7.14. The molecule has 10 heteroatoms. The van der Waals surface area contributed by atoms with Crippen LogP contribution < -0.4 is 20.9 Å². The zero-order valence-corrected chi connectivity index (χ0v) is 25.7. The summed E-state index contributed by atoms with van der Waals surface area (Å²) in [5, 5.41) is 13.3. The molecule has 0 amide bonds. The predicted molar refractivity (Wildman–Crippen MR) is 176 cm³/mol. The Morgan fingerprint density at radius 2 is 1.84 bits per heavy atom. The molecule has 2 aromatic carbocycles. The highest BCUT2D eigenvalue weighted by atomic mass is 32.1. The van der Waals surface area contributed by atoms with Gasteiger partial charge in [0.1, 0.15) is 16.9 Å². The van der Waals surface area contributed by atoms with Gasteiger partial charge in [0.25, 0.3) is 5.56 Å². The molecule has 6 aromatic rings. The largest absolute Gasteiger partial charge is 0.489 e. The summed E-state index contributed by atoms with van der Waals surface area (Å²) in [6.45, 7) is 7.94. The molecule has 1 atom stereocenters. The fourth-order valence-electron chi connectivity index (χ4n) is 5.79. The minimum absolute atomic E-state index is 0.167. The number of benzene rings is 2. The Morgan fingerprint density at radius 1 is 1.02 bits per heavy atom. The molecule has 0 saturated carbocycles. The monoisotopic (exact) mass is 603 g/mol. The maximum absolute atomic E-state index is 14.3. The van der Waals surface area contributed by atoms with Crippen LogP contribution in [0.25, 0.3) is 32.8 Å². The number of hydrogen-bond acceptors (Lipinski definition) is 8. The second-order valence-corrected chi connectivity index (χ2v) is 12.4. The Morgan fingerprint density at radius 3 is 2.57 bits per heavy atom. The summed E-state index contributed by atoms with van der Waals surface area (Å²) in [4.78, 5) is 25.0. The van der Waals surface area contributed by atoms with E-state index in [4.69, 9.17) is 14.8 Å². The molecule has 1 fully saturated rings. The second kappa shape index (κ2) is 11.7. The number of thiophene rings is 1. The number of fused-ring (bicyclic) bond motifs is 1. The lowest BCUT2D eigenvalue weighted by atomic mass is 10.0. The van der Waals surface area contributed by atoms with Gasteiger partial charge in [0, 0.05) is 34.3 Å². The van der Waals surface area contributed by atoms with Crippen LogP contribution in [0.15, 0.2) is 83.8 Å². The normalized spacial score (nSPS) is 15.0. The lowest BCUT2D eigenvalue weighted by Gasteiger charge is -2.24. The van der Waals surface area contributed by atoms with Crippen LogP contribution in [-0.4, -0.2) is 43.5 Å². The Hall–Kier alpha value is -4.80. The fourth-order valence-corrected chi connectivity index (χ4v) is 6.66. The number of aryl methyl sites for hydroxylation is 2. The first kappa shape index (κ1) is 28.0. The fraction of sp³-hybridized carbons (Fsp3) is 0.235. The number of nitrogens with zero attached hydrogens (tertiary/aromatic N) is 5. The van der Waals surface area contributed by atoms with E-state index in [1.165, 1.54) is 4.88 Å². The van der Waals surface area contributed by atoms with Gasteiger partial charge < -0.3 is 15.4 Å². The van der Waals surface area contributed by atoms with Crippen LogP contribution in [0, 0.1) is 20.8 Å². The maximum atomic E-state index is 14.3. The summed E-state index contributed by atoms with van der Waals surface area (Å²) in [7, 11) is 0. The van der Waals surface area contributed by atoms with Gasteiger partial charge in [-0.25, -0.2) is 9.67 Å². The van der Waals surface area contributed by atoms with E-state index in [0.717, 1.165) is 70.4 Å². The molecule has 7 rings (SSSR count). The molecule has 1 aliphatic heterocycles. The number of ether oxygens (including phenoxy) is 1. The number of anilines is 2. The van der Waals surface area contributed by atoms with Crippen LogP contribution in [0.2, 0.25) is 0 Å². The van der Waals surface area contributed by atoms with Gasteiger partial charge in [-0.3, -0.25) is 9.36 Å². The first-order chi connectivity index (χ1) is 21.4. The lowest BCUT2D eigenvalue weighted by molar-refractivity contribution is 0.167. The van der Waals surface area contributed by atoms with E-state index in [1.54, 1.807) is 22.1 Å².